The van der Waals surface area contributed by atoms with E-state index in [1.54, 1.807) is 55.5 Å². The standard InChI is InChI=1S/C26H22N2O5/c1-17-8-12-20(13-9-17)26(2)24(31)28(25(32)27-26)16-22(29)33-21-14-10-19(11-15-21)23(30)18-6-4-3-5-7-18/h3-15H,16H2,1-2H3,(H,27,32)/t26-/m1/s1. The number of aryl methyl sites for hydroxylation is 1. The fraction of sp³-hybridized carbons (Fsp3) is 0.154. The van der Waals surface area contributed by atoms with Gasteiger partial charge in [0.2, 0.25) is 0 Å². The SMILES string of the molecule is Cc1ccc([C@@]2(C)NC(=O)N(CC(=O)Oc3ccc(C(=O)c4ccccc4)cc3)C2=O)cc1. The molecule has 1 aliphatic heterocycles. The van der Waals surface area contributed by atoms with Crippen molar-refractivity contribution in [1.29, 1.82) is 0 Å². The maximum Gasteiger partial charge on any atom is 0.331 e. The number of esters is 1. The van der Waals surface area contributed by atoms with Gasteiger partial charge in [-0.25, -0.2) is 9.59 Å². The van der Waals surface area contributed by atoms with Gasteiger partial charge in [-0.2, -0.15) is 0 Å². The van der Waals surface area contributed by atoms with Crippen molar-refractivity contribution < 1.29 is 23.9 Å². The van der Waals surface area contributed by atoms with Gasteiger partial charge >= 0.3 is 12.0 Å². The van der Waals surface area contributed by atoms with E-state index in [0.29, 0.717) is 16.7 Å². The number of amides is 3. The normalized spacial score (nSPS) is 17.6. The third-order valence-electron chi connectivity index (χ3n) is 5.58. The fourth-order valence-corrected chi connectivity index (χ4v) is 3.65. The van der Waals surface area contributed by atoms with E-state index in [0.717, 1.165) is 10.5 Å². The van der Waals surface area contributed by atoms with Crippen molar-refractivity contribution in [3.8, 4) is 5.75 Å². The molecule has 0 saturated carbocycles. The highest BCUT2D eigenvalue weighted by molar-refractivity contribution is 6.09. The number of ketones is 1. The molecule has 1 fully saturated rings. The molecule has 7 heteroatoms. The summed E-state index contributed by atoms with van der Waals surface area (Å²) in [6, 6.07) is 21.5. The summed E-state index contributed by atoms with van der Waals surface area (Å²) in [6.07, 6.45) is 0. The molecule has 1 aliphatic rings. The lowest BCUT2D eigenvalue weighted by Crippen LogP contribution is -2.41. The second kappa shape index (κ2) is 8.70. The van der Waals surface area contributed by atoms with Crippen LogP contribution >= 0.6 is 0 Å². The zero-order valence-electron chi connectivity index (χ0n) is 18.2. The van der Waals surface area contributed by atoms with Crippen molar-refractivity contribution in [3.05, 3.63) is 101 Å². The highest BCUT2D eigenvalue weighted by Crippen LogP contribution is 2.29. The molecule has 33 heavy (non-hydrogen) atoms. The summed E-state index contributed by atoms with van der Waals surface area (Å²) in [5.74, 6) is -1.24. The highest BCUT2D eigenvalue weighted by atomic mass is 16.5. The third kappa shape index (κ3) is 4.39. The molecule has 7 nitrogen and oxygen atoms in total. The van der Waals surface area contributed by atoms with Crippen LogP contribution in [-0.4, -0.2) is 35.1 Å². The van der Waals surface area contributed by atoms with E-state index in [2.05, 4.69) is 5.32 Å². The van der Waals surface area contributed by atoms with Gasteiger partial charge in [-0.15, -0.1) is 0 Å². The van der Waals surface area contributed by atoms with E-state index in [-0.39, 0.29) is 11.5 Å². The van der Waals surface area contributed by atoms with Crippen LogP contribution in [0.15, 0.2) is 78.9 Å². The molecule has 3 amide bonds. The van der Waals surface area contributed by atoms with E-state index < -0.39 is 30.0 Å². The predicted octanol–water partition coefficient (Wildman–Crippen LogP) is 3.60. The minimum atomic E-state index is -1.26. The maximum atomic E-state index is 13.0. The van der Waals surface area contributed by atoms with Gasteiger partial charge in [0.05, 0.1) is 0 Å². The van der Waals surface area contributed by atoms with E-state index in [9.17, 15) is 19.2 Å². The average molecular weight is 442 g/mol. The van der Waals surface area contributed by atoms with Crippen LogP contribution in [0.5, 0.6) is 5.75 Å². The first-order chi connectivity index (χ1) is 15.8. The van der Waals surface area contributed by atoms with Gasteiger partial charge in [0.1, 0.15) is 17.8 Å². The predicted molar refractivity (Wildman–Crippen MR) is 121 cm³/mol. The summed E-state index contributed by atoms with van der Waals surface area (Å²) in [4.78, 5) is 51.1. The number of ether oxygens (including phenoxy) is 1. The van der Waals surface area contributed by atoms with Crippen molar-refractivity contribution in [2.24, 2.45) is 0 Å². The van der Waals surface area contributed by atoms with Crippen LogP contribution in [0.25, 0.3) is 0 Å². The summed E-state index contributed by atoms with van der Waals surface area (Å²) >= 11 is 0. The molecule has 0 aliphatic carbocycles. The van der Waals surface area contributed by atoms with Gasteiger partial charge < -0.3 is 10.1 Å². The zero-order valence-corrected chi connectivity index (χ0v) is 18.2. The number of urea groups is 1. The van der Waals surface area contributed by atoms with Gasteiger partial charge in [0, 0.05) is 11.1 Å². The van der Waals surface area contributed by atoms with Crippen molar-refractivity contribution in [2.75, 3.05) is 6.54 Å². The Morgan fingerprint density at radius 2 is 1.48 bits per heavy atom. The van der Waals surface area contributed by atoms with E-state index in [4.69, 9.17) is 4.74 Å². The number of benzene rings is 3. The molecule has 0 bridgehead atoms. The summed E-state index contributed by atoms with van der Waals surface area (Å²) in [5, 5.41) is 2.66. The van der Waals surface area contributed by atoms with E-state index in [1.165, 1.54) is 12.1 Å². The highest BCUT2D eigenvalue weighted by Gasteiger charge is 2.49. The van der Waals surface area contributed by atoms with Crippen molar-refractivity contribution in [2.45, 2.75) is 19.4 Å². The van der Waals surface area contributed by atoms with Gasteiger partial charge in [-0.3, -0.25) is 14.5 Å². The summed E-state index contributed by atoms with van der Waals surface area (Å²) in [6.45, 7) is 3.00. The number of carbonyl (C=O) groups excluding carboxylic acids is 4. The second-order valence-corrected chi connectivity index (χ2v) is 8.01. The number of hydrogen-bond donors (Lipinski definition) is 1. The van der Waals surface area contributed by atoms with Gasteiger partial charge in [-0.05, 0) is 43.7 Å². The molecule has 0 unspecified atom stereocenters. The summed E-state index contributed by atoms with van der Waals surface area (Å²) in [7, 11) is 0. The lowest BCUT2D eigenvalue weighted by molar-refractivity contribution is -0.140. The Balaban J connectivity index is 1.41. The molecule has 1 atom stereocenters. The Morgan fingerprint density at radius 3 is 2.12 bits per heavy atom. The van der Waals surface area contributed by atoms with Gasteiger partial charge in [0.15, 0.2) is 5.78 Å². The first-order valence-corrected chi connectivity index (χ1v) is 10.4. The Hall–Kier alpha value is -4.26. The van der Waals surface area contributed by atoms with Crippen molar-refractivity contribution in [1.82, 2.24) is 10.2 Å². The number of rotatable bonds is 6. The number of carbonyl (C=O) groups is 4. The van der Waals surface area contributed by atoms with E-state index in [1.807, 2.05) is 25.1 Å². The van der Waals surface area contributed by atoms with Crippen LogP contribution in [0.1, 0.15) is 34.0 Å². The van der Waals surface area contributed by atoms with Gasteiger partial charge in [0.25, 0.3) is 5.91 Å². The third-order valence-corrected chi connectivity index (χ3v) is 5.58. The minimum Gasteiger partial charge on any atom is -0.425 e. The molecule has 1 heterocycles. The second-order valence-electron chi connectivity index (χ2n) is 8.01. The fourth-order valence-electron chi connectivity index (χ4n) is 3.65. The largest absolute Gasteiger partial charge is 0.425 e. The summed E-state index contributed by atoms with van der Waals surface area (Å²) in [5.41, 5.74) is 1.39. The molecule has 1 N–H and O–H groups in total. The average Bonchev–Trinajstić information content (AvgIpc) is 3.04. The monoisotopic (exact) mass is 442 g/mol. The van der Waals surface area contributed by atoms with Crippen LogP contribution in [0, 0.1) is 6.92 Å². The van der Waals surface area contributed by atoms with Crippen LogP contribution < -0.4 is 10.1 Å². The molecule has 4 rings (SSSR count). The van der Waals surface area contributed by atoms with Crippen molar-refractivity contribution >= 4 is 23.7 Å². The van der Waals surface area contributed by atoms with Gasteiger partial charge in [-0.1, -0.05) is 60.2 Å². The van der Waals surface area contributed by atoms with Crippen LogP contribution in [0.2, 0.25) is 0 Å². The lowest BCUT2D eigenvalue weighted by Gasteiger charge is -2.22. The number of nitrogens with zero attached hydrogens (tertiary/aromatic N) is 1. The molecule has 0 spiro atoms. The Labute approximate surface area is 191 Å². The van der Waals surface area contributed by atoms with Crippen LogP contribution in [0.3, 0.4) is 0 Å². The number of hydrogen-bond acceptors (Lipinski definition) is 5. The molecular formula is C26H22N2O5. The number of nitrogens with one attached hydrogen (secondary N) is 1. The minimum absolute atomic E-state index is 0.150. The Kier molecular flexibility index (Phi) is 5.79. The summed E-state index contributed by atoms with van der Waals surface area (Å²) < 4.78 is 5.28. The first kappa shape index (κ1) is 22.0. The van der Waals surface area contributed by atoms with Crippen LogP contribution in [0.4, 0.5) is 4.79 Å². The molecule has 3 aromatic carbocycles. The first-order valence-electron chi connectivity index (χ1n) is 10.4. The molecular weight excluding hydrogens is 420 g/mol. The van der Waals surface area contributed by atoms with E-state index >= 15 is 0 Å². The molecule has 0 radical (unpaired) electrons. The quantitative estimate of drug-likeness (QED) is 0.273. The van der Waals surface area contributed by atoms with Crippen LogP contribution in [-0.2, 0) is 15.1 Å². The Morgan fingerprint density at radius 1 is 0.879 bits per heavy atom. The Bertz CT molecular complexity index is 1220. The zero-order chi connectivity index (χ0) is 23.6. The number of imide groups is 1. The smallest absolute Gasteiger partial charge is 0.331 e. The molecule has 0 aromatic heterocycles. The maximum absolute atomic E-state index is 13.0. The van der Waals surface area contributed by atoms with Crippen molar-refractivity contribution in [3.63, 3.8) is 0 Å². The molecule has 1 saturated heterocycles. The topological polar surface area (TPSA) is 92.8 Å². The molecule has 3 aromatic rings. The lowest BCUT2D eigenvalue weighted by atomic mass is 9.91. The molecule has 166 valence electrons.